The fourth-order valence-corrected chi connectivity index (χ4v) is 2.42. The smallest absolute Gasteiger partial charge is 0.139 e. The van der Waals surface area contributed by atoms with Gasteiger partial charge in [0.2, 0.25) is 0 Å². The first kappa shape index (κ1) is 11.9. The lowest BCUT2D eigenvalue weighted by Crippen LogP contribution is -2.06. The average molecular weight is 252 g/mol. The van der Waals surface area contributed by atoms with Gasteiger partial charge in [0.1, 0.15) is 11.8 Å². The minimum atomic E-state index is -0.0991. The summed E-state index contributed by atoms with van der Waals surface area (Å²) in [6.07, 6.45) is 3.82. The van der Waals surface area contributed by atoms with Gasteiger partial charge in [-0.25, -0.2) is 4.98 Å². The van der Waals surface area contributed by atoms with Crippen LogP contribution in [0.15, 0.2) is 54.9 Å². The summed E-state index contributed by atoms with van der Waals surface area (Å²) in [5.74, 6) is 0. The van der Waals surface area contributed by atoms with Crippen LogP contribution in [0.5, 0.6) is 0 Å². The summed E-state index contributed by atoms with van der Waals surface area (Å²) < 4.78 is 7.76. The molecular formula is C16H16N2O. The number of aryl methyl sites for hydroxylation is 1. The summed E-state index contributed by atoms with van der Waals surface area (Å²) in [4.78, 5) is 4.50. The Bertz CT molecular complexity index is 688. The number of aromatic nitrogens is 2. The summed E-state index contributed by atoms with van der Waals surface area (Å²) >= 11 is 0. The summed E-state index contributed by atoms with van der Waals surface area (Å²) in [6.45, 7) is 2.07. The highest BCUT2D eigenvalue weighted by molar-refractivity contribution is 5.49. The van der Waals surface area contributed by atoms with Gasteiger partial charge in [-0.2, -0.15) is 0 Å². The first-order valence-corrected chi connectivity index (χ1v) is 6.31. The SMILES string of the molecule is COC(c1ccccc1)c1cnc2c(C)cccn12. The predicted molar refractivity (Wildman–Crippen MR) is 75.2 cm³/mol. The number of pyridine rings is 1. The maximum Gasteiger partial charge on any atom is 0.139 e. The van der Waals surface area contributed by atoms with Gasteiger partial charge in [-0.15, -0.1) is 0 Å². The fourth-order valence-electron chi connectivity index (χ4n) is 2.42. The van der Waals surface area contributed by atoms with Crippen molar-refractivity contribution in [1.29, 1.82) is 0 Å². The van der Waals surface area contributed by atoms with Crippen LogP contribution in [0.25, 0.3) is 5.65 Å². The minimum Gasteiger partial charge on any atom is -0.370 e. The van der Waals surface area contributed by atoms with Gasteiger partial charge < -0.3 is 9.14 Å². The normalized spacial score (nSPS) is 12.7. The van der Waals surface area contributed by atoms with Crippen molar-refractivity contribution in [2.75, 3.05) is 7.11 Å². The average Bonchev–Trinajstić information content (AvgIpc) is 2.87. The van der Waals surface area contributed by atoms with Crippen molar-refractivity contribution in [1.82, 2.24) is 9.38 Å². The van der Waals surface area contributed by atoms with Crippen LogP contribution in [-0.2, 0) is 4.74 Å². The zero-order valence-corrected chi connectivity index (χ0v) is 11.1. The van der Waals surface area contributed by atoms with E-state index in [9.17, 15) is 0 Å². The monoisotopic (exact) mass is 252 g/mol. The summed E-state index contributed by atoms with van der Waals surface area (Å²) in [6, 6.07) is 14.3. The number of ether oxygens (including phenoxy) is 1. The van der Waals surface area contributed by atoms with Crippen LogP contribution in [0.3, 0.4) is 0 Å². The largest absolute Gasteiger partial charge is 0.370 e. The molecule has 0 spiro atoms. The third-order valence-corrected chi connectivity index (χ3v) is 3.37. The highest BCUT2D eigenvalue weighted by Crippen LogP contribution is 2.26. The molecule has 3 nitrogen and oxygen atoms in total. The second-order valence-electron chi connectivity index (χ2n) is 4.59. The van der Waals surface area contributed by atoms with Gasteiger partial charge in [0, 0.05) is 13.3 Å². The van der Waals surface area contributed by atoms with Gasteiger partial charge >= 0.3 is 0 Å². The summed E-state index contributed by atoms with van der Waals surface area (Å²) in [7, 11) is 1.73. The van der Waals surface area contributed by atoms with Crippen molar-refractivity contribution < 1.29 is 4.74 Å². The molecule has 0 saturated heterocycles. The summed E-state index contributed by atoms with van der Waals surface area (Å²) in [5, 5.41) is 0. The second-order valence-corrected chi connectivity index (χ2v) is 4.59. The third-order valence-electron chi connectivity index (χ3n) is 3.37. The highest BCUT2D eigenvalue weighted by Gasteiger charge is 2.17. The van der Waals surface area contributed by atoms with E-state index in [1.165, 1.54) is 0 Å². The minimum absolute atomic E-state index is 0.0991. The molecule has 0 aliphatic carbocycles. The number of imidazole rings is 1. The number of rotatable bonds is 3. The van der Waals surface area contributed by atoms with Crippen molar-refractivity contribution in [3.63, 3.8) is 0 Å². The van der Waals surface area contributed by atoms with Crippen LogP contribution in [0.4, 0.5) is 0 Å². The number of nitrogens with zero attached hydrogens (tertiary/aromatic N) is 2. The van der Waals surface area contributed by atoms with Crippen LogP contribution in [-0.4, -0.2) is 16.5 Å². The number of hydrogen-bond acceptors (Lipinski definition) is 2. The van der Waals surface area contributed by atoms with Crippen molar-refractivity contribution in [2.45, 2.75) is 13.0 Å². The summed E-state index contributed by atoms with van der Waals surface area (Å²) in [5.41, 5.74) is 4.33. The second kappa shape index (κ2) is 4.86. The van der Waals surface area contributed by atoms with Crippen molar-refractivity contribution >= 4 is 5.65 Å². The molecule has 1 aromatic carbocycles. The van der Waals surface area contributed by atoms with E-state index in [2.05, 4.69) is 34.5 Å². The molecule has 3 rings (SSSR count). The number of methoxy groups -OCH3 is 1. The lowest BCUT2D eigenvalue weighted by atomic mass is 10.1. The number of fused-ring (bicyclic) bond motifs is 1. The molecule has 3 heteroatoms. The molecule has 2 aromatic heterocycles. The quantitative estimate of drug-likeness (QED) is 0.714. The molecule has 3 aromatic rings. The van der Waals surface area contributed by atoms with E-state index in [0.717, 1.165) is 22.5 Å². The fraction of sp³-hybridized carbons (Fsp3) is 0.188. The van der Waals surface area contributed by atoms with Crippen LogP contribution < -0.4 is 0 Å². The molecule has 0 radical (unpaired) electrons. The maximum atomic E-state index is 5.67. The van der Waals surface area contributed by atoms with E-state index in [4.69, 9.17) is 4.74 Å². The third kappa shape index (κ3) is 2.02. The van der Waals surface area contributed by atoms with Crippen LogP contribution in [0.1, 0.15) is 22.9 Å². The molecule has 19 heavy (non-hydrogen) atoms. The lowest BCUT2D eigenvalue weighted by Gasteiger charge is -2.15. The molecule has 0 aliphatic heterocycles. The van der Waals surface area contributed by atoms with Crippen molar-refractivity contribution in [2.24, 2.45) is 0 Å². The van der Waals surface area contributed by atoms with Gasteiger partial charge in [0.15, 0.2) is 0 Å². The Morgan fingerprint density at radius 2 is 1.89 bits per heavy atom. The van der Waals surface area contributed by atoms with E-state index in [1.54, 1.807) is 7.11 Å². The predicted octanol–water partition coefficient (Wildman–Crippen LogP) is 3.38. The van der Waals surface area contributed by atoms with E-state index in [0.29, 0.717) is 0 Å². The molecule has 96 valence electrons. The Hall–Kier alpha value is -2.13. The maximum absolute atomic E-state index is 5.67. The topological polar surface area (TPSA) is 26.5 Å². The van der Waals surface area contributed by atoms with Crippen molar-refractivity contribution in [3.8, 4) is 0 Å². The van der Waals surface area contributed by atoms with Gasteiger partial charge in [0.25, 0.3) is 0 Å². The standard InChI is InChI=1S/C16H16N2O/c1-12-7-6-10-18-14(11-17-16(12)18)15(19-2)13-8-4-3-5-9-13/h3-11,15H,1-2H3. The van der Waals surface area contributed by atoms with E-state index in [-0.39, 0.29) is 6.10 Å². The van der Waals surface area contributed by atoms with Gasteiger partial charge in [-0.3, -0.25) is 0 Å². The van der Waals surface area contributed by atoms with Gasteiger partial charge in [0.05, 0.1) is 11.9 Å². The Morgan fingerprint density at radius 3 is 2.63 bits per heavy atom. The van der Waals surface area contributed by atoms with Crippen LogP contribution in [0.2, 0.25) is 0 Å². The van der Waals surface area contributed by atoms with Crippen LogP contribution >= 0.6 is 0 Å². The number of benzene rings is 1. The zero-order chi connectivity index (χ0) is 13.2. The molecule has 0 saturated carbocycles. The molecule has 0 fully saturated rings. The molecule has 1 unspecified atom stereocenters. The highest BCUT2D eigenvalue weighted by atomic mass is 16.5. The molecule has 0 aliphatic rings. The van der Waals surface area contributed by atoms with E-state index >= 15 is 0 Å². The van der Waals surface area contributed by atoms with E-state index in [1.807, 2.05) is 36.7 Å². The van der Waals surface area contributed by atoms with Gasteiger partial charge in [-0.05, 0) is 24.1 Å². The molecular weight excluding hydrogens is 236 g/mol. The Labute approximate surface area is 112 Å². The van der Waals surface area contributed by atoms with Crippen molar-refractivity contribution in [3.05, 3.63) is 71.7 Å². The Balaban J connectivity index is 2.15. The molecule has 0 bridgehead atoms. The lowest BCUT2D eigenvalue weighted by molar-refractivity contribution is 0.132. The molecule has 1 atom stereocenters. The molecule has 0 N–H and O–H groups in total. The first-order chi connectivity index (χ1) is 9.31. The van der Waals surface area contributed by atoms with E-state index < -0.39 is 0 Å². The number of hydrogen-bond donors (Lipinski definition) is 0. The first-order valence-electron chi connectivity index (χ1n) is 6.31. The van der Waals surface area contributed by atoms with Crippen LogP contribution in [0, 0.1) is 6.92 Å². The Morgan fingerprint density at radius 1 is 1.11 bits per heavy atom. The molecule has 0 amide bonds. The Kier molecular flexibility index (Phi) is 3.05. The zero-order valence-electron chi connectivity index (χ0n) is 11.1. The van der Waals surface area contributed by atoms with Gasteiger partial charge in [-0.1, -0.05) is 36.4 Å². The molecule has 2 heterocycles.